The molecule has 0 aliphatic heterocycles. The molecule has 0 bridgehead atoms. The second-order valence-corrected chi connectivity index (χ2v) is 10.2. The summed E-state index contributed by atoms with van der Waals surface area (Å²) in [6.07, 6.45) is 0. The van der Waals surface area contributed by atoms with Crippen LogP contribution in [0, 0.1) is 11.3 Å². The lowest BCUT2D eigenvalue weighted by molar-refractivity contribution is 1.18. The summed E-state index contributed by atoms with van der Waals surface area (Å²) >= 11 is 0. The number of nitrogens with zero attached hydrogens (tertiary/aromatic N) is 3. The van der Waals surface area contributed by atoms with Gasteiger partial charge in [0, 0.05) is 32.9 Å². The van der Waals surface area contributed by atoms with Crippen LogP contribution in [0.5, 0.6) is 0 Å². The minimum absolute atomic E-state index is 0.653. The SMILES string of the molecule is N#Cc1cccc(-n2c3ccccc3c3ccc(-c4ccc5c(c4)c4ccccc4n5-c4ccccc4)cc32)c1. The largest absolute Gasteiger partial charge is 0.309 e. The van der Waals surface area contributed by atoms with Crippen molar-refractivity contribution in [3.05, 3.63) is 145 Å². The van der Waals surface area contributed by atoms with Crippen LogP contribution in [0.2, 0.25) is 0 Å². The van der Waals surface area contributed by atoms with E-state index in [4.69, 9.17) is 0 Å². The van der Waals surface area contributed by atoms with E-state index >= 15 is 0 Å². The Morgan fingerprint density at radius 3 is 1.75 bits per heavy atom. The maximum absolute atomic E-state index is 9.55. The highest BCUT2D eigenvalue weighted by Crippen LogP contribution is 2.38. The molecule has 0 spiro atoms. The van der Waals surface area contributed by atoms with Crippen LogP contribution in [0.1, 0.15) is 5.56 Å². The highest BCUT2D eigenvalue weighted by Gasteiger charge is 2.16. The Balaban J connectivity index is 1.38. The lowest BCUT2D eigenvalue weighted by Gasteiger charge is -2.10. The van der Waals surface area contributed by atoms with Gasteiger partial charge in [-0.2, -0.15) is 5.26 Å². The fourth-order valence-electron chi connectivity index (χ4n) is 6.15. The van der Waals surface area contributed by atoms with Gasteiger partial charge >= 0.3 is 0 Å². The van der Waals surface area contributed by atoms with E-state index in [1.807, 2.05) is 18.2 Å². The number of rotatable bonds is 3. The molecular formula is C37H23N3. The van der Waals surface area contributed by atoms with Crippen LogP contribution in [-0.4, -0.2) is 9.13 Å². The second kappa shape index (κ2) is 8.73. The first-order chi connectivity index (χ1) is 19.8. The monoisotopic (exact) mass is 509 g/mol. The van der Waals surface area contributed by atoms with Crippen molar-refractivity contribution in [3.63, 3.8) is 0 Å². The number of hydrogen-bond donors (Lipinski definition) is 0. The average Bonchev–Trinajstić information content (AvgIpc) is 3.53. The van der Waals surface area contributed by atoms with Crippen LogP contribution in [0.15, 0.2) is 140 Å². The lowest BCUT2D eigenvalue weighted by atomic mass is 10.0. The van der Waals surface area contributed by atoms with Crippen LogP contribution in [0.4, 0.5) is 0 Å². The fraction of sp³-hybridized carbons (Fsp3) is 0. The number of fused-ring (bicyclic) bond motifs is 6. The molecule has 0 fully saturated rings. The Morgan fingerprint density at radius 1 is 0.400 bits per heavy atom. The molecule has 0 saturated carbocycles. The van der Waals surface area contributed by atoms with E-state index in [0.717, 1.165) is 28.0 Å². The number of benzene rings is 6. The van der Waals surface area contributed by atoms with E-state index in [2.05, 4.69) is 137 Å². The van der Waals surface area contributed by atoms with E-state index < -0.39 is 0 Å². The van der Waals surface area contributed by atoms with Gasteiger partial charge in [0.25, 0.3) is 0 Å². The molecule has 8 rings (SSSR count). The van der Waals surface area contributed by atoms with Gasteiger partial charge in [-0.1, -0.05) is 78.9 Å². The Bertz CT molecular complexity index is 2280. The maximum Gasteiger partial charge on any atom is 0.0992 e. The lowest BCUT2D eigenvalue weighted by Crippen LogP contribution is -1.94. The third-order valence-electron chi connectivity index (χ3n) is 7.93. The molecule has 0 aliphatic carbocycles. The minimum atomic E-state index is 0.653. The second-order valence-electron chi connectivity index (χ2n) is 10.2. The number of aromatic nitrogens is 2. The molecule has 40 heavy (non-hydrogen) atoms. The molecule has 8 aromatic rings. The summed E-state index contributed by atoms with van der Waals surface area (Å²) in [4.78, 5) is 0. The molecule has 0 N–H and O–H groups in total. The van der Waals surface area contributed by atoms with E-state index in [-0.39, 0.29) is 0 Å². The standard InChI is InChI=1S/C37H23N3/c38-24-25-9-8-12-29(21-25)40-34-15-6-4-13-30(34)32-19-17-27(23-37(32)40)26-18-20-36-33(22-26)31-14-5-7-16-35(31)39(36)28-10-2-1-3-11-28/h1-23H. The zero-order valence-electron chi connectivity index (χ0n) is 21.6. The molecule has 2 heterocycles. The van der Waals surface area contributed by atoms with Crippen molar-refractivity contribution in [2.24, 2.45) is 0 Å². The first-order valence-corrected chi connectivity index (χ1v) is 13.4. The molecule has 3 nitrogen and oxygen atoms in total. The Labute approximate surface area is 231 Å². The van der Waals surface area contributed by atoms with Crippen molar-refractivity contribution in [2.75, 3.05) is 0 Å². The quantitative estimate of drug-likeness (QED) is 0.233. The van der Waals surface area contributed by atoms with E-state index in [0.29, 0.717) is 5.56 Å². The van der Waals surface area contributed by atoms with Gasteiger partial charge in [-0.25, -0.2) is 0 Å². The van der Waals surface area contributed by atoms with Crippen LogP contribution < -0.4 is 0 Å². The average molecular weight is 510 g/mol. The summed E-state index contributed by atoms with van der Waals surface area (Å²) < 4.78 is 4.62. The predicted molar refractivity (Wildman–Crippen MR) is 165 cm³/mol. The summed E-state index contributed by atoms with van der Waals surface area (Å²) in [6, 6.07) is 51.3. The van der Waals surface area contributed by atoms with Gasteiger partial charge in [0.15, 0.2) is 0 Å². The predicted octanol–water partition coefficient (Wildman–Crippen LogP) is 9.42. The van der Waals surface area contributed by atoms with Crippen molar-refractivity contribution in [3.8, 4) is 28.6 Å². The smallest absolute Gasteiger partial charge is 0.0992 e. The van der Waals surface area contributed by atoms with Gasteiger partial charge in [0.1, 0.15) is 0 Å². The van der Waals surface area contributed by atoms with E-state index in [1.165, 1.54) is 38.1 Å². The summed E-state index contributed by atoms with van der Waals surface area (Å²) in [5.74, 6) is 0. The molecular weight excluding hydrogens is 486 g/mol. The van der Waals surface area contributed by atoms with Gasteiger partial charge in [-0.15, -0.1) is 0 Å². The Kier molecular flexibility index (Phi) is 4.89. The van der Waals surface area contributed by atoms with Gasteiger partial charge in [0.2, 0.25) is 0 Å². The number of para-hydroxylation sites is 3. The molecule has 0 radical (unpaired) electrons. The molecule has 0 atom stereocenters. The molecule has 6 aromatic carbocycles. The van der Waals surface area contributed by atoms with Crippen LogP contribution in [0.3, 0.4) is 0 Å². The molecule has 0 amide bonds. The van der Waals surface area contributed by atoms with Gasteiger partial charge in [-0.3, -0.25) is 0 Å². The highest BCUT2D eigenvalue weighted by atomic mass is 15.0. The molecule has 0 unspecified atom stereocenters. The first kappa shape index (κ1) is 22.4. The highest BCUT2D eigenvalue weighted by molar-refractivity contribution is 6.12. The van der Waals surface area contributed by atoms with E-state index in [1.54, 1.807) is 0 Å². The third kappa shape index (κ3) is 3.30. The number of hydrogen-bond acceptors (Lipinski definition) is 1. The van der Waals surface area contributed by atoms with Crippen molar-refractivity contribution >= 4 is 43.6 Å². The van der Waals surface area contributed by atoms with Gasteiger partial charge < -0.3 is 9.13 Å². The minimum Gasteiger partial charge on any atom is -0.309 e. The van der Waals surface area contributed by atoms with Gasteiger partial charge in [0.05, 0.1) is 33.7 Å². The Hall–Kier alpha value is -5.59. The zero-order valence-corrected chi connectivity index (χ0v) is 21.6. The van der Waals surface area contributed by atoms with Crippen molar-refractivity contribution in [1.29, 1.82) is 5.26 Å². The van der Waals surface area contributed by atoms with E-state index in [9.17, 15) is 5.26 Å². The van der Waals surface area contributed by atoms with Crippen LogP contribution in [-0.2, 0) is 0 Å². The third-order valence-corrected chi connectivity index (χ3v) is 7.93. The van der Waals surface area contributed by atoms with Crippen molar-refractivity contribution in [2.45, 2.75) is 0 Å². The summed E-state index contributed by atoms with van der Waals surface area (Å²) in [7, 11) is 0. The summed E-state index contributed by atoms with van der Waals surface area (Å²) in [5, 5.41) is 14.4. The normalized spacial score (nSPS) is 11.5. The zero-order chi connectivity index (χ0) is 26.6. The molecule has 2 aromatic heterocycles. The fourth-order valence-corrected chi connectivity index (χ4v) is 6.15. The molecule has 3 heteroatoms. The van der Waals surface area contributed by atoms with Gasteiger partial charge in [-0.05, 0) is 71.8 Å². The summed E-state index contributed by atoms with van der Waals surface area (Å²) in [6.45, 7) is 0. The number of nitriles is 1. The Morgan fingerprint density at radius 2 is 0.975 bits per heavy atom. The molecule has 0 aliphatic rings. The maximum atomic E-state index is 9.55. The molecule has 186 valence electrons. The summed E-state index contributed by atoms with van der Waals surface area (Å²) in [5.41, 5.74) is 9.79. The van der Waals surface area contributed by atoms with Crippen LogP contribution >= 0.6 is 0 Å². The topological polar surface area (TPSA) is 33.6 Å². The van der Waals surface area contributed by atoms with Crippen LogP contribution in [0.25, 0.3) is 66.1 Å². The van der Waals surface area contributed by atoms with Crippen molar-refractivity contribution in [1.82, 2.24) is 9.13 Å². The van der Waals surface area contributed by atoms with Crippen molar-refractivity contribution < 1.29 is 0 Å². The first-order valence-electron chi connectivity index (χ1n) is 13.4. The molecule has 0 saturated heterocycles.